The molecular weight excluding hydrogens is 358 g/mol. The summed E-state index contributed by atoms with van der Waals surface area (Å²) in [5.74, 6) is -3.20. The van der Waals surface area contributed by atoms with Crippen LogP contribution in [0.3, 0.4) is 0 Å². The molecule has 0 heterocycles. The number of nitrogens with one attached hydrogen (secondary N) is 1. The molecule has 3 N–H and O–H groups in total. The molecule has 0 saturated carbocycles. The first-order chi connectivity index (χ1) is 11.2. The fraction of sp³-hybridized carbons (Fsp3) is 0.133. The van der Waals surface area contributed by atoms with E-state index in [1.807, 2.05) is 0 Å². The van der Waals surface area contributed by atoms with Gasteiger partial charge >= 0.3 is 0 Å². The van der Waals surface area contributed by atoms with Crippen LogP contribution in [0.5, 0.6) is 0 Å². The summed E-state index contributed by atoms with van der Waals surface area (Å²) in [7, 11) is -3.61. The van der Waals surface area contributed by atoms with Gasteiger partial charge < -0.3 is 5.32 Å². The maximum Gasteiger partial charge on any atom is 0.288 e. The molecule has 1 amide bonds. The Balaban J connectivity index is 2.01. The predicted molar refractivity (Wildman–Crippen MR) is 89.5 cm³/mol. The van der Waals surface area contributed by atoms with Crippen LogP contribution in [0.4, 0.5) is 14.5 Å². The SMILES string of the molecule is NS(=O)(=O)Cc1ccc(NC(=O)c2ccc(SC(F)F)cc2)cc1. The fourth-order valence-electron chi connectivity index (χ4n) is 1.91. The number of nitrogens with two attached hydrogens (primary N) is 1. The lowest BCUT2D eigenvalue weighted by atomic mass is 10.2. The minimum Gasteiger partial charge on any atom is -0.322 e. The third kappa shape index (κ3) is 5.91. The number of primary sulfonamides is 1. The Morgan fingerprint density at radius 2 is 1.67 bits per heavy atom. The number of thioether (sulfide) groups is 1. The van der Waals surface area contributed by atoms with E-state index in [9.17, 15) is 22.0 Å². The van der Waals surface area contributed by atoms with E-state index in [0.717, 1.165) is 0 Å². The second-order valence-corrected chi connectivity index (χ2v) is 7.54. The Hall–Kier alpha value is -1.97. The number of anilines is 1. The van der Waals surface area contributed by atoms with Crippen molar-refractivity contribution in [2.45, 2.75) is 16.4 Å². The maximum absolute atomic E-state index is 12.2. The zero-order valence-corrected chi connectivity index (χ0v) is 13.9. The van der Waals surface area contributed by atoms with Gasteiger partial charge in [-0.2, -0.15) is 8.78 Å². The summed E-state index contributed by atoms with van der Waals surface area (Å²) in [6, 6.07) is 12.0. The minimum atomic E-state index is -3.61. The quantitative estimate of drug-likeness (QED) is 0.763. The monoisotopic (exact) mass is 372 g/mol. The molecule has 0 saturated heterocycles. The summed E-state index contributed by atoms with van der Waals surface area (Å²) >= 11 is 0.405. The van der Waals surface area contributed by atoms with E-state index in [2.05, 4.69) is 5.32 Å². The third-order valence-electron chi connectivity index (χ3n) is 2.92. The molecule has 0 spiro atoms. The van der Waals surface area contributed by atoms with Gasteiger partial charge in [0.15, 0.2) is 0 Å². The third-order valence-corrected chi connectivity index (χ3v) is 4.38. The van der Waals surface area contributed by atoms with Crippen molar-refractivity contribution in [1.82, 2.24) is 0 Å². The lowest BCUT2D eigenvalue weighted by Gasteiger charge is -2.07. The highest BCUT2D eigenvalue weighted by molar-refractivity contribution is 7.99. The van der Waals surface area contributed by atoms with E-state index < -0.39 is 21.7 Å². The van der Waals surface area contributed by atoms with Crippen LogP contribution in [-0.2, 0) is 15.8 Å². The molecule has 2 aromatic rings. The molecule has 0 aliphatic carbocycles. The first-order valence-corrected chi connectivity index (χ1v) is 9.28. The van der Waals surface area contributed by atoms with E-state index in [1.165, 1.54) is 24.3 Å². The highest BCUT2D eigenvalue weighted by Gasteiger charge is 2.09. The fourth-order valence-corrected chi connectivity index (χ4v) is 3.06. The number of rotatable bonds is 6. The second kappa shape index (κ2) is 7.73. The molecule has 0 aliphatic heterocycles. The number of carbonyl (C=O) groups is 1. The first kappa shape index (κ1) is 18.4. The number of hydrogen-bond donors (Lipinski definition) is 2. The maximum atomic E-state index is 12.2. The smallest absolute Gasteiger partial charge is 0.288 e. The number of hydrogen-bond acceptors (Lipinski definition) is 4. The summed E-state index contributed by atoms with van der Waals surface area (Å²) in [5.41, 5.74) is 1.30. The molecule has 0 fully saturated rings. The highest BCUT2D eigenvalue weighted by atomic mass is 32.2. The van der Waals surface area contributed by atoms with Crippen molar-refractivity contribution in [1.29, 1.82) is 0 Å². The molecule has 0 bridgehead atoms. The summed E-state index contributed by atoms with van der Waals surface area (Å²) < 4.78 is 46.5. The normalized spacial score (nSPS) is 11.5. The molecule has 0 unspecified atom stereocenters. The number of halogens is 2. The van der Waals surface area contributed by atoms with Crippen molar-refractivity contribution >= 4 is 33.4 Å². The zero-order valence-electron chi connectivity index (χ0n) is 12.3. The van der Waals surface area contributed by atoms with Gasteiger partial charge in [-0.05, 0) is 42.0 Å². The first-order valence-electron chi connectivity index (χ1n) is 6.68. The Bertz CT molecular complexity index is 808. The van der Waals surface area contributed by atoms with Crippen molar-refractivity contribution in [3.63, 3.8) is 0 Å². The van der Waals surface area contributed by atoms with E-state index >= 15 is 0 Å². The number of benzene rings is 2. The van der Waals surface area contributed by atoms with Crippen molar-refractivity contribution < 1.29 is 22.0 Å². The van der Waals surface area contributed by atoms with Crippen LogP contribution in [0.15, 0.2) is 53.4 Å². The van der Waals surface area contributed by atoms with E-state index in [0.29, 0.717) is 33.5 Å². The molecule has 2 rings (SSSR count). The molecule has 0 atom stereocenters. The van der Waals surface area contributed by atoms with Gasteiger partial charge in [-0.3, -0.25) is 4.79 Å². The van der Waals surface area contributed by atoms with Gasteiger partial charge in [0, 0.05) is 16.1 Å². The average Bonchev–Trinajstić information content (AvgIpc) is 2.48. The number of sulfonamides is 1. The molecule has 128 valence electrons. The minimum absolute atomic E-state index is 0.287. The standard InChI is InChI=1S/C15H14F2N2O3S2/c16-15(17)23-13-7-3-11(4-8-13)14(20)19-12-5-1-10(2-6-12)9-24(18,21)22/h1-8,15H,9H2,(H,19,20)(H2,18,21,22). The lowest BCUT2D eigenvalue weighted by Crippen LogP contribution is -2.15. The van der Waals surface area contributed by atoms with Crippen LogP contribution >= 0.6 is 11.8 Å². The average molecular weight is 372 g/mol. The van der Waals surface area contributed by atoms with Crippen LogP contribution in [-0.4, -0.2) is 20.1 Å². The molecular formula is C15H14F2N2O3S2. The second-order valence-electron chi connectivity index (χ2n) is 4.86. The Morgan fingerprint density at radius 1 is 1.08 bits per heavy atom. The summed E-state index contributed by atoms with van der Waals surface area (Å²) in [4.78, 5) is 12.4. The van der Waals surface area contributed by atoms with Gasteiger partial charge in [0.1, 0.15) is 0 Å². The molecule has 2 aromatic carbocycles. The van der Waals surface area contributed by atoms with Crippen molar-refractivity contribution in [2.24, 2.45) is 5.14 Å². The van der Waals surface area contributed by atoms with E-state index in [1.54, 1.807) is 24.3 Å². The van der Waals surface area contributed by atoms with Crippen molar-refractivity contribution in [2.75, 3.05) is 5.32 Å². The number of carbonyl (C=O) groups excluding carboxylic acids is 1. The van der Waals surface area contributed by atoms with E-state index in [4.69, 9.17) is 5.14 Å². The van der Waals surface area contributed by atoms with Crippen molar-refractivity contribution in [3.8, 4) is 0 Å². The van der Waals surface area contributed by atoms with E-state index in [-0.39, 0.29) is 5.75 Å². The van der Waals surface area contributed by atoms with Crippen LogP contribution in [0.2, 0.25) is 0 Å². The Labute approximate surface area is 142 Å². The van der Waals surface area contributed by atoms with Crippen LogP contribution in [0.25, 0.3) is 0 Å². The number of amides is 1. The topological polar surface area (TPSA) is 89.3 Å². The van der Waals surface area contributed by atoms with Crippen LogP contribution in [0, 0.1) is 0 Å². The van der Waals surface area contributed by atoms with Crippen molar-refractivity contribution in [3.05, 3.63) is 59.7 Å². The molecule has 0 aromatic heterocycles. The Morgan fingerprint density at radius 3 is 2.17 bits per heavy atom. The summed E-state index contributed by atoms with van der Waals surface area (Å²) in [6.07, 6.45) is 0. The van der Waals surface area contributed by atoms with Crippen LogP contribution in [0.1, 0.15) is 15.9 Å². The Kier molecular flexibility index (Phi) is 5.92. The molecule has 24 heavy (non-hydrogen) atoms. The predicted octanol–water partition coefficient (Wildman–Crippen LogP) is 3.04. The lowest BCUT2D eigenvalue weighted by molar-refractivity contribution is 0.102. The molecule has 5 nitrogen and oxygen atoms in total. The molecule has 0 radical (unpaired) electrons. The van der Waals surface area contributed by atoms with Gasteiger partial charge in [0.25, 0.3) is 11.7 Å². The summed E-state index contributed by atoms with van der Waals surface area (Å²) in [5, 5.41) is 7.59. The van der Waals surface area contributed by atoms with Gasteiger partial charge in [-0.25, -0.2) is 13.6 Å². The van der Waals surface area contributed by atoms with Gasteiger partial charge in [-0.1, -0.05) is 23.9 Å². The van der Waals surface area contributed by atoms with Gasteiger partial charge in [0.05, 0.1) is 5.75 Å². The van der Waals surface area contributed by atoms with Gasteiger partial charge in [-0.15, -0.1) is 0 Å². The largest absolute Gasteiger partial charge is 0.322 e. The highest BCUT2D eigenvalue weighted by Crippen LogP contribution is 2.25. The molecule has 9 heteroatoms. The zero-order chi connectivity index (χ0) is 17.7. The van der Waals surface area contributed by atoms with Gasteiger partial charge in [0.2, 0.25) is 10.0 Å². The summed E-state index contributed by atoms with van der Waals surface area (Å²) in [6.45, 7) is 0. The molecule has 0 aliphatic rings. The van der Waals surface area contributed by atoms with Crippen LogP contribution < -0.4 is 10.5 Å². The number of alkyl halides is 2.